The minimum absolute atomic E-state index is 0.104. The molecule has 1 amide bonds. The van der Waals surface area contributed by atoms with Gasteiger partial charge < -0.3 is 14.7 Å². The first kappa shape index (κ1) is 11.6. The average molecular weight is 212 g/mol. The number of nitrogens with zero attached hydrogens (tertiary/aromatic N) is 3. The smallest absolute Gasteiger partial charge is 0.223 e. The number of amides is 1. The van der Waals surface area contributed by atoms with E-state index < -0.39 is 0 Å². The average Bonchev–Trinajstić information content (AvgIpc) is 2.58. The number of carbonyl (C=O) groups excluding carboxylic acids is 1. The van der Waals surface area contributed by atoms with Crippen LogP contribution in [0.4, 0.5) is 0 Å². The topological polar surface area (TPSA) is 71.3 Å². The zero-order valence-electron chi connectivity index (χ0n) is 9.28. The number of hydrogen-bond donors (Lipinski definition) is 1. The highest BCUT2D eigenvalue weighted by Gasteiger charge is 2.04. The molecule has 1 aromatic heterocycles. The second-order valence-corrected chi connectivity index (χ2v) is 3.44. The van der Waals surface area contributed by atoms with E-state index in [1.807, 2.05) is 0 Å². The van der Waals surface area contributed by atoms with E-state index in [4.69, 9.17) is 4.52 Å². The minimum atomic E-state index is 0.104. The van der Waals surface area contributed by atoms with Crippen LogP contribution < -0.4 is 5.32 Å². The van der Waals surface area contributed by atoms with E-state index in [0.29, 0.717) is 31.2 Å². The van der Waals surface area contributed by atoms with Crippen LogP contribution in [0, 0.1) is 6.92 Å². The van der Waals surface area contributed by atoms with E-state index in [-0.39, 0.29) is 5.91 Å². The number of aromatic nitrogens is 2. The molecule has 0 atom stereocenters. The molecule has 1 heterocycles. The summed E-state index contributed by atoms with van der Waals surface area (Å²) < 4.78 is 4.80. The number of aryl methyl sites for hydroxylation is 1. The molecule has 1 rings (SSSR count). The fourth-order valence-corrected chi connectivity index (χ4v) is 1.03. The molecule has 1 N–H and O–H groups in total. The third-order valence-corrected chi connectivity index (χ3v) is 1.87. The molecule has 15 heavy (non-hydrogen) atoms. The Hall–Kier alpha value is -1.43. The molecule has 0 unspecified atom stereocenters. The molecule has 0 aliphatic rings. The summed E-state index contributed by atoms with van der Waals surface area (Å²) in [6.07, 6.45) is 0.476. The predicted molar refractivity (Wildman–Crippen MR) is 54.1 cm³/mol. The van der Waals surface area contributed by atoms with Gasteiger partial charge in [-0.1, -0.05) is 5.16 Å². The Morgan fingerprint density at radius 1 is 1.53 bits per heavy atom. The van der Waals surface area contributed by atoms with Crippen LogP contribution >= 0.6 is 0 Å². The molecule has 0 saturated heterocycles. The molecule has 0 aromatic carbocycles. The molecular weight excluding hydrogens is 196 g/mol. The van der Waals surface area contributed by atoms with Crippen molar-refractivity contribution in [2.24, 2.45) is 0 Å². The highest BCUT2D eigenvalue weighted by atomic mass is 16.5. The van der Waals surface area contributed by atoms with Gasteiger partial charge in [-0.15, -0.1) is 0 Å². The Kier molecular flexibility index (Phi) is 4.23. The van der Waals surface area contributed by atoms with Crippen LogP contribution in [0.5, 0.6) is 0 Å². The van der Waals surface area contributed by atoms with Crippen LogP contribution in [-0.2, 0) is 11.3 Å². The van der Waals surface area contributed by atoms with E-state index in [9.17, 15) is 4.79 Å². The van der Waals surface area contributed by atoms with Gasteiger partial charge in [0.25, 0.3) is 0 Å². The molecule has 0 saturated carbocycles. The van der Waals surface area contributed by atoms with Gasteiger partial charge in [0.15, 0.2) is 5.82 Å². The SMILES string of the molecule is Cc1nc(CNCCC(=O)N(C)C)no1. The predicted octanol–water partition coefficient (Wildman–Crippen LogP) is -0.0541. The van der Waals surface area contributed by atoms with Gasteiger partial charge in [0.05, 0.1) is 6.54 Å². The first-order valence-electron chi connectivity index (χ1n) is 4.79. The number of hydrogen-bond acceptors (Lipinski definition) is 5. The van der Waals surface area contributed by atoms with E-state index >= 15 is 0 Å². The van der Waals surface area contributed by atoms with Crippen molar-refractivity contribution >= 4 is 5.91 Å². The summed E-state index contributed by atoms with van der Waals surface area (Å²) in [6, 6.07) is 0. The van der Waals surface area contributed by atoms with Gasteiger partial charge in [0, 0.05) is 34.0 Å². The zero-order valence-corrected chi connectivity index (χ0v) is 9.28. The lowest BCUT2D eigenvalue weighted by atomic mass is 10.4. The summed E-state index contributed by atoms with van der Waals surface area (Å²) in [7, 11) is 3.48. The quantitative estimate of drug-likeness (QED) is 0.693. The van der Waals surface area contributed by atoms with Gasteiger partial charge >= 0.3 is 0 Å². The second-order valence-electron chi connectivity index (χ2n) is 3.44. The maximum Gasteiger partial charge on any atom is 0.223 e. The van der Waals surface area contributed by atoms with Crippen molar-refractivity contribution in [2.45, 2.75) is 19.9 Å². The largest absolute Gasteiger partial charge is 0.349 e. The number of carbonyl (C=O) groups is 1. The lowest BCUT2D eigenvalue weighted by Gasteiger charge is -2.09. The summed E-state index contributed by atoms with van der Waals surface area (Å²) in [5.41, 5.74) is 0. The number of nitrogens with one attached hydrogen (secondary N) is 1. The third-order valence-electron chi connectivity index (χ3n) is 1.87. The molecule has 0 radical (unpaired) electrons. The molecule has 0 fully saturated rings. The normalized spacial score (nSPS) is 10.3. The maximum atomic E-state index is 11.2. The van der Waals surface area contributed by atoms with Crippen molar-refractivity contribution < 1.29 is 9.32 Å². The third kappa shape index (κ3) is 4.07. The van der Waals surface area contributed by atoms with Crippen molar-refractivity contribution in [2.75, 3.05) is 20.6 Å². The van der Waals surface area contributed by atoms with Crippen LogP contribution in [0.1, 0.15) is 18.1 Å². The van der Waals surface area contributed by atoms with Gasteiger partial charge in [-0.2, -0.15) is 4.98 Å². The lowest BCUT2D eigenvalue weighted by molar-refractivity contribution is -0.128. The summed E-state index contributed by atoms with van der Waals surface area (Å²) in [5.74, 6) is 1.27. The second kappa shape index (κ2) is 5.45. The fourth-order valence-electron chi connectivity index (χ4n) is 1.03. The standard InChI is InChI=1S/C9H16N4O2/c1-7-11-8(12-15-7)6-10-5-4-9(14)13(2)3/h10H,4-6H2,1-3H3. The lowest BCUT2D eigenvalue weighted by Crippen LogP contribution is -2.26. The zero-order chi connectivity index (χ0) is 11.3. The van der Waals surface area contributed by atoms with Crippen LogP contribution in [0.15, 0.2) is 4.52 Å². The molecular formula is C9H16N4O2. The van der Waals surface area contributed by atoms with Gasteiger partial charge in [0.2, 0.25) is 11.8 Å². The van der Waals surface area contributed by atoms with E-state index in [0.717, 1.165) is 0 Å². The summed E-state index contributed by atoms with van der Waals surface area (Å²) >= 11 is 0. The van der Waals surface area contributed by atoms with E-state index in [1.54, 1.807) is 25.9 Å². The van der Waals surface area contributed by atoms with Gasteiger partial charge in [0.1, 0.15) is 0 Å². The van der Waals surface area contributed by atoms with E-state index in [2.05, 4.69) is 15.5 Å². The Morgan fingerprint density at radius 3 is 2.80 bits per heavy atom. The van der Waals surface area contributed by atoms with Crippen molar-refractivity contribution in [3.63, 3.8) is 0 Å². The van der Waals surface area contributed by atoms with Gasteiger partial charge in [-0.3, -0.25) is 4.79 Å². The van der Waals surface area contributed by atoms with Crippen molar-refractivity contribution in [3.8, 4) is 0 Å². The Labute approximate surface area is 88.6 Å². The number of rotatable bonds is 5. The molecule has 0 aliphatic heterocycles. The molecule has 1 aromatic rings. The first-order chi connectivity index (χ1) is 7.09. The Morgan fingerprint density at radius 2 is 2.27 bits per heavy atom. The van der Waals surface area contributed by atoms with Crippen LogP contribution in [0.25, 0.3) is 0 Å². The highest BCUT2D eigenvalue weighted by Crippen LogP contribution is 1.94. The maximum absolute atomic E-state index is 11.2. The first-order valence-corrected chi connectivity index (χ1v) is 4.79. The molecule has 0 aliphatic carbocycles. The van der Waals surface area contributed by atoms with Crippen LogP contribution in [0.2, 0.25) is 0 Å². The molecule has 84 valence electrons. The van der Waals surface area contributed by atoms with Gasteiger partial charge in [-0.05, 0) is 0 Å². The van der Waals surface area contributed by atoms with Crippen molar-refractivity contribution in [3.05, 3.63) is 11.7 Å². The molecule has 6 nitrogen and oxygen atoms in total. The Balaban J connectivity index is 2.15. The highest BCUT2D eigenvalue weighted by molar-refractivity contribution is 5.75. The van der Waals surface area contributed by atoms with Crippen LogP contribution in [0.3, 0.4) is 0 Å². The molecule has 0 bridgehead atoms. The van der Waals surface area contributed by atoms with Gasteiger partial charge in [-0.25, -0.2) is 0 Å². The molecule has 0 spiro atoms. The van der Waals surface area contributed by atoms with Crippen molar-refractivity contribution in [1.82, 2.24) is 20.4 Å². The summed E-state index contributed by atoms with van der Waals surface area (Å²) in [6.45, 7) is 2.88. The molecule has 6 heteroatoms. The Bertz CT molecular complexity index is 322. The summed E-state index contributed by atoms with van der Waals surface area (Å²) in [5, 5.41) is 6.79. The van der Waals surface area contributed by atoms with Crippen molar-refractivity contribution in [1.29, 1.82) is 0 Å². The van der Waals surface area contributed by atoms with E-state index in [1.165, 1.54) is 0 Å². The monoisotopic (exact) mass is 212 g/mol. The van der Waals surface area contributed by atoms with Crippen LogP contribution in [-0.4, -0.2) is 41.6 Å². The summed E-state index contributed by atoms with van der Waals surface area (Å²) in [4.78, 5) is 16.8. The minimum Gasteiger partial charge on any atom is -0.349 e. The fraction of sp³-hybridized carbons (Fsp3) is 0.667.